The number of benzene rings is 2. The molecule has 2 aromatic carbocycles. The second kappa shape index (κ2) is 17.6. The lowest BCUT2D eigenvalue weighted by Crippen LogP contribution is -2.47. The van der Waals surface area contributed by atoms with Crippen molar-refractivity contribution in [3.63, 3.8) is 0 Å². The molecular weight excluding hydrogens is 604 g/mol. The standard InChI is InChI=1S/C27H33F6N5OS.2C2H6/c28-26(29,30)19-3-6-22(7-4-19)37-16-14-36(15-17-37)11-1-2-25(40)38-12-9-20(10-13-38)34-21-5-8-24(35-39)23(18-21)27(31,32)33;2*1-2/h3-8,18,20,34-35,39H,1-2,9-17H2;2*1-2H3. The second-order valence-electron chi connectivity index (χ2n) is 10.1. The summed E-state index contributed by atoms with van der Waals surface area (Å²) in [5.41, 5.74) is 0.786. The van der Waals surface area contributed by atoms with Crippen LogP contribution in [0.2, 0.25) is 0 Å². The van der Waals surface area contributed by atoms with Crippen LogP contribution in [0.15, 0.2) is 42.5 Å². The Bertz CT molecular complexity index is 1130. The number of piperidine rings is 1. The molecule has 2 aliphatic heterocycles. The van der Waals surface area contributed by atoms with Crippen LogP contribution in [0.1, 0.15) is 64.5 Å². The van der Waals surface area contributed by atoms with E-state index in [1.54, 1.807) is 5.48 Å². The van der Waals surface area contributed by atoms with Gasteiger partial charge in [0, 0.05) is 56.7 Å². The van der Waals surface area contributed by atoms with Crippen molar-refractivity contribution in [2.45, 2.75) is 71.8 Å². The zero-order valence-corrected chi connectivity index (χ0v) is 26.7. The third-order valence-corrected chi connectivity index (χ3v) is 7.92. The van der Waals surface area contributed by atoms with Crippen molar-refractivity contribution in [1.29, 1.82) is 0 Å². The Morgan fingerprint density at radius 3 is 1.95 bits per heavy atom. The van der Waals surface area contributed by atoms with Crippen LogP contribution >= 0.6 is 12.2 Å². The summed E-state index contributed by atoms with van der Waals surface area (Å²) in [5.74, 6) is 0. The lowest BCUT2D eigenvalue weighted by atomic mass is 10.0. The van der Waals surface area contributed by atoms with Crippen LogP contribution in [0.3, 0.4) is 0 Å². The number of anilines is 3. The van der Waals surface area contributed by atoms with E-state index in [0.717, 1.165) is 100 Å². The van der Waals surface area contributed by atoms with Gasteiger partial charge in [-0.25, -0.2) is 0 Å². The third-order valence-electron chi connectivity index (χ3n) is 7.46. The molecule has 0 radical (unpaired) electrons. The van der Waals surface area contributed by atoms with Crippen LogP contribution in [0.4, 0.5) is 43.4 Å². The van der Waals surface area contributed by atoms with Crippen LogP contribution in [-0.4, -0.2) is 71.9 Å². The summed E-state index contributed by atoms with van der Waals surface area (Å²) >= 11 is 5.66. The lowest BCUT2D eigenvalue weighted by Gasteiger charge is -2.37. The normalized spacial score (nSPS) is 16.3. The number of thiocarbonyl (C=S) groups is 1. The molecule has 0 amide bonds. The van der Waals surface area contributed by atoms with Gasteiger partial charge in [-0.05, 0) is 74.7 Å². The van der Waals surface area contributed by atoms with Crippen LogP contribution in [0, 0.1) is 0 Å². The Hall–Kier alpha value is -2.77. The van der Waals surface area contributed by atoms with Gasteiger partial charge < -0.3 is 15.1 Å². The van der Waals surface area contributed by atoms with E-state index in [2.05, 4.69) is 20.0 Å². The molecule has 6 nitrogen and oxygen atoms in total. The van der Waals surface area contributed by atoms with Gasteiger partial charge >= 0.3 is 12.4 Å². The molecule has 0 atom stereocenters. The van der Waals surface area contributed by atoms with E-state index in [1.807, 2.05) is 27.7 Å². The minimum atomic E-state index is -4.59. The number of piperazine rings is 1. The first-order valence-corrected chi connectivity index (χ1v) is 15.6. The average molecular weight is 650 g/mol. The summed E-state index contributed by atoms with van der Waals surface area (Å²) in [6, 6.07) is 9.03. The number of rotatable bonds is 8. The molecule has 44 heavy (non-hydrogen) atoms. The van der Waals surface area contributed by atoms with Crippen LogP contribution < -0.4 is 15.7 Å². The van der Waals surface area contributed by atoms with Gasteiger partial charge in [-0.15, -0.1) is 0 Å². The molecule has 3 N–H and O–H groups in total. The molecule has 2 heterocycles. The number of alkyl halides is 6. The monoisotopic (exact) mass is 649 g/mol. The SMILES string of the molecule is CC.CC.ONc1ccc(NC2CCN(C(=S)CCCN3CCN(c4ccc(C(F)(F)F)cc4)CC3)CC2)cc1C(F)(F)F. The number of likely N-dealkylation sites (tertiary alicyclic amines) is 1. The highest BCUT2D eigenvalue weighted by atomic mass is 32.1. The summed E-state index contributed by atoms with van der Waals surface area (Å²) in [5, 5.41) is 12.1. The number of hydrogen-bond acceptors (Lipinski definition) is 6. The quantitative estimate of drug-likeness (QED) is 0.151. The fourth-order valence-electron chi connectivity index (χ4n) is 5.18. The van der Waals surface area contributed by atoms with E-state index in [-0.39, 0.29) is 11.7 Å². The highest BCUT2D eigenvalue weighted by Gasteiger charge is 2.34. The zero-order chi connectivity index (χ0) is 32.9. The van der Waals surface area contributed by atoms with Gasteiger partial charge in [0.1, 0.15) is 0 Å². The van der Waals surface area contributed by atoms with Gasteiger partial charge in [-0.1, -0.05) is 39.9 Å². The molecule has 0 aliphatic carbocycles. The smallest absolute Gasteiger partial charge is 0.382 e. The van der Waals surface area contributed by atoms with E-state index >= 15 is 0 Å². The van der Waals surface area contributed by atoms with E-state index < -0.39 is 23.5 Å². The highest BCUT2D eigenvalue weighted by Crippen LogP contribution is 2.37. The molecule has 2 aliphatic rings. The molecule has 2 saturated heterocycles. The van der Waals surface area contributed by atoms with Crippen LogP contribution in [-0.2, 0) is 12.4 Å². The number of nitrogens with one attached hydrogen (secondary N) is 2. The average Bonchev–Trinajstić information content (AvgIpc) is 3.03. The predicted octanol–water partition coefficient (Wildman–Crippen LogP) is 8.38. The van der Waals surface area contributed by atoms with E-state index in [4.69, 9.17) is 17.4 Å². The summed E-state index contributed by atoms with van der Waals surface area (Å²) in [4.78, 5) is 7.49. The molecule has 2 aromatic rings. The first-order chi connectivity index (χ1) is 20.9. The maximum Gasteiger partial charge on any atom is 0.418 e. The van der Waals surface area contributed by atoms with Crippen molar-refractivity contribution >= 4 is 34.3 Å². The van der Waals surface area contributed by atoms with Crippen molar-refractivity contribution in [3.05, 3.63) is 53.6 Å². The fraction of sp³-hybridized carbons (Fsp3) is 0.581. The Labute approximate surface area is 262 Å². The Morgan fingerprint density at radius 1 is 0.841 bits per heavy atom. The first-order valence-electron chi connectivity index (χ1n) is 15.2. The number of halogens is 6. The van der Waals surface area contributed by atoms with Gasteiger partial charge in [0.2, 0.25) is 0 Å². The van der Waals surface area contributed by atoms with E-state index in [1.165, 1.54) is 24.3 Å². The molecule has 2 fully saturated rings. The summed E-state index contributed by atoms with van der Waals surface area (Å²) in [6.45, 7) is 13.5. The first kappa shape index (κ1) is 37.4. The van der Waals surface area contributed by atoms with E-state index in [0.29, 0.717) is 5.69 Å². The van der Waals surface area contributed by atoms with Gasteiger partial charge in [0.25, 0.3) is 0 Å². The van der Waals surface area contributed by atoms with Gasteiger partial charge in [-0.2, -0.15) is 26.3 Å². The molecule has 248 valence electrons. The molecule has 4 rings (SSSR count). The maximum atomic E-state index is 13.3. The molecule has 0 spiro atoms. The Balaban J connectivity index is 0.00000162. The van der Waals surface area contributed by atoms with E-state index in [9.17, 15) is 26.3 Å². The second-order valence-corrected chi connectivity index (χ2v) is 10.6. The van der Waals surface area contributed by atoms with Gasteiger partial charge in [0.05, 0.1) is 21.8 Å². The van der Waals surface area contributed by atoms with Crippen molar-refractivity contribution in [1.82, 2.24) is 9.80 Å². The van der Waals surface area contributed by atoms with Crippen LogP contribution in [0.5, 0.6) is 0 Å². The molecule has 0 bridgehead atoms. The minimum Gasteiger partial charge on any atom is -0.382 e. The summed E-state index contributed by atoms with van der Waals surface area (Å²) in [7, 11) is 0. The van der Waals surface area contributed by atoms with Crippen molar-refractivity contribution in [2.75, 3.05) is 61.5 Å². The molecule has 0 aromatic heterocycles. The number of nitrogens with zero attached hydrogens (tertiary/aromatic N) is 3. The number of hydrogen-bond donors (Lipinski definition) is 3. The largest absolute Gasteiger partial charge is 0.418 e. The zero-order valence-electron chi connectivity index (χ0n) is 25.9. The van der Waals surface area contributed by atoms with Crippen molar-refractivity contribution in [3.8, 4) is 0 Å². The Kier molecular flexibility index (Phi) is 15.0. The molecule has 13 heteroatoms. The highest BCUT2D eigenvalue weighted by molar-refractivity contribution is 7.80. The van der Waals surface area contributed by atoms with Gasteiger partial charge in [0.15, 0.2) is 0 Å². The molecule has 0 saturated carbocycles. The summed E-state index contributed by atoms with van der Waals surface area (Å²) in [6.07, 6.45) is -5.75. The molecular formula is C31H45F6N5OS. The van der Waals surface area contributed by atoms with Crippen molar-refractivity contribution in [2.24, 2.45) is 0 Å². The summed E-state index contributed by atoms with van der Waals surface area (Å²) < 4.78 is 78.1. The minimum absolute atomic E-state index is 0.0223. The maximum absolute atomic E-state index is 13.3. The topological polar surface area (TPSA) is 54.0 Å². The lowest BCUT2D eigenvalue weighted by molar-refractivity contribution is -0.138. The predicted molar refractivity (Wildman–Crippen MR) is 170 cm³/mol. The van der Waals surface area contributed by atoms with Gasteiger partial charge in [-0.3, -0.25) is 15.6 Å². The Morgan fingerprint density at radius 2 is 1.43 bits per heavy atom. The third kappa shape index (κ3) is 11.0. The fourth-order valence-corrected chi connectivity index (χ4v) is 5.50. The molecule has 0 unspecified atom stereocenters. The van der Waals surface area contributed by atoms with Crippen LogP contribution in [0.25, 0.3) is 0 Å². The van der Waals surface area contributed by atoms with Crippen molar-refractivity contribution < 1.29 is 31.5 Å².